The minimum Gasteiger partial charge on any atom is -0.397 e. The highest BCUT2D eigenvalue weighted by molar-refractivity contribution is 6.73. The first kappa shape index (κ1) is 15.3. The van der Waals surface area contributed by atoms with Crippen molar-refractivity contribution < 1.29 is 8.85 Å². The summed E-state index contributed by atoms with van der Waals surface area (Å²) in [5.74, 6) is 0. The van der Waals surface area contributed by atoms with Gasteiger partial charge in [0.2, 0.25) is 0 Å². The molecule has 0 aliphatic rings. The SMILES string of the molecule is CCO[SiH](CCN(C)[Si](C)(C)C)OCC. The molecule has 0 aromatic rings. The zero-order valence-electron chi connectivity index (χ0n) is 11.2. The molecule has 0 N–H and O–H groups in total. The summed E-state index contributed by atoms with van der Waals surface area (Å²) in [6.45, 7) is 13.9. The van der Waals surface area contributed by atoms with Crippen molar-refractivity contribution >= 4 is 17.5 Å². The van der Waals surface area contributed by atoms with E-state index in [9.17, 15) is 0 Å². The van der Waals surface area contributed by atoms with Crippen LogP contribution in [-0.2, 0) is 8.85 Å². The van der Waals surface area contributed by atoms with E-state index in [0.717, 1.165) is 25.8 Å². The second kappa shape index (κ2) is 7.56. The molecule has 0 aliphatic heterocycles. The molecule has 0 bridgehead atoms. The van der Waals surface area contributed by atoms with E-state index >= 15 is 0 Å². The molecule has 0 atom stereocenters. The molecule has 0 radical (unpaired) electrons. The van der Waals surface area contributed by atoms with E-state index in [1.807, 2.05) is 13.8 Å². The molecular weight excluding hydrogens is 222 g/mol. The van der Waals surface area contributed by atoms with Crippen LogP contribution < -0.4 is 0 Å². The Labute approximate surface area is 97.7 Å². The van der Waals surface area contributed by atoms with Crippen LogP contribution in [0.5, 0.6) is 0 Å². The van der Waals surface area contributed by atoms with Gasteiger partial charge in [-0.25, -0.2) is 0 Å². The zero-order chi connectivity index (χ0) is 11.9. The second-order valence-corrected chi connectivity index (χ2v) is 11.9. The predicted octanol–water partition coefficient (Wildman–Crippen LogP) is 2.05. The van der Waals surface area contributed by atoms with Crippen molar-refractivity contribution in [1.29, 1.82) is 0 Å². The van der Waals surface area contributed by atoms with Gasteiger partial charge in [-0.1, -0.05) is 19.6 Å². The van der Waals surface area contributed by atoms with Crippen molar-refractivity contribution in [2.75, 3.05) is 26.8 Å². The summed E-state index contributed by atoms with van der Waals surface area (Å²) in [6.07, 6.45) is 0. The fourth-order valence-electron chi connectivity index (χ4n) is 1.22. The third-order valence-corrected chi connectivity index (χ3v) is 7.20. The summed E-state index contributed by atoms with van der Waals surface area (Å²) in [5.41, 5.74) is 0. The summed E-state index contributed by atoms with van der Waals surface area (Å²) in [7, 11) is -0.292. The van der Waals surface area contributed by atoms with Crippen LogP contribution >= 0.6 is 0 Å². The highest BCUT2D eigenvalue weighted by Crippen LogP contribution is 2.08. The monoisotopic (exact) mass is 249 g/mol. The molecule has 3 nitrogen and oxygen atoms in total. The third kappa shape index (κ3) is 7.24. The van der Waals surface area contributed by atoms with E-state index in [0.29, 0.717) is 0 Å². The highest BCUT2D eigenvalue weighted by Gasteiger charge is 2.21. The maximum Gasteiger partial charge on any atom is 0.322 e. The largest absolute Gasteiger partial charge is 0.397 e. The second-order valence-electron chi connectivity index (χ2n) is 4.72. The molecule has 0 rings (SSSR count). The van der Waals surface area contributed by atoms with Crippen LogP contribution in [0.15, 0.2) is 0 Å². The van der Waals surface area contributed by atoms with Crippen LogP contribution in [0.25, 0.3) is 0 Å². The normalized spacial score (nSPS) is 12.8. The molecule has 0 fully saturated rings. The smallest absolute Gasteiger partial charge is 0.322 e. The van der Waals surface area contributed by atoms with E-state index in [1.165, 1.54) is 0 Å². The molecule has 0 spiro atoms. The van der Waals surface area contributed by atoms with E-state index in [2.05, 4.69) is 31.3 Å². The molecule has 0 saturated carbocycles. The zero-order valence-corrected chi connectivity index (χ0v) is 13.3. The number of hydrogen-bond donors (Lipinski definition) is 0. The van der Waals surface area contributed by atoms with Crippen LogP contribution in [0, 0.1) is 0 Å². The van der Waals surface area contributed by atoms with Gasteiger partial charge in [-0.3, -0.25) is 0 Å². The molecule has 0 amide bonds. The van der Waals surface area contributed by atoms with Gasteiger partial charge in [0, 0.05) is 19.3 Å². The first-order chi connectivity index (χ1) is 6.91. The topological polar surface area (TPSA) is 21.7 Å². The number of nitrogens with zero attached hydrogens (tertiary/aromatic N) is 1. The van der Waals surface area contributed by atoms with Gasteiger partial charge in [0.05, 0.1) is 0 Å². The Kier molecular flexibility index (Phi) is 7.72. The Morgan fingerprint density at radius 3 is 1.87 bits per heavy atom. The van der Waals surface area contributed by atoms with E-state index in [1.54, 1.807) is 0 Å². The van der Waals surface area contributed by atoms with Crippen LogP contribution in [0.2, 0.25) is 25.7 Å². The Morgan fingerprint density at radius 2 is 1.53 bits per heavy atom. The van der Waals surface area contributed by atoms with E-state index in [-0.39, 0.29) is 0 Å². The molecular formula is C10H27NO2Si2. The quantitative estimate of drug-likeness (QED) is 0.615. The lowest BCUT2D eigenvalue weighted by Gasteiger charge is -2.30. The van der Waals surface area contributed by atoms with Crippen LogP contribution in [0.4, 0.5) is 0 Å². The summed E-state index contributed by atoms with van der Waals surface area (Å²) < 4.78 is 13.8. The molecule has 0 saturated heterocycles. The van der Waals surface area contributed by atoms with Gasteiger partial charge in [0.15, 0.2) is 0 Å². The lowest BCUT2D eigenvalue weighted by molar-refractivity contribution is 0.211. The van der Waals surface area contributed by atoms with Crippen LogP contribution in [-0.4, -0.2) is 48.9 Å². The molecule has 15 heavy (non-hydrogen) atoms. The molecule has 0 unspecified atom stereocenters. The molecule has 92 valence electrons. The van der Waals surface area contributed by atoms with Crippen LogP contribution in [0.3, 0.4) is 0 Å². The Hall–Kier alpha value is 0.314. The fraction of sp³-hybridized carbons (Fsp3) is 1.00. The lowest BCUT2D eigenvalue weighted by atomic mass is 10.8. The molecule has 0 heterocycles. The summed E-state index contributed by atoms with van der Waals surface area (Å²) in [4.78, 5) is 0. The number of rotatable bonds is 8. The summed E-state index contributed by atoms with van der Waals surface area (Å²) in [5, 5.41) is 0. The summed E-state index contributed by atoms with van der Waals surface area (Å²) in [6, 6.07) is 1.10. The molecule has 5 heteroatoms. The van der Waals surface area contributed by atoms with Crippen molar-refractivity contribution in [2.24, 2.45) is 0 Å². The first-order valence-corrected chi connectivity index (χ1v) is 11.1. The van der Waals surface area contributed by atoms with Crippen molar-refractivity contribution in [3.8, 4) is 0 Å². The highest BCUT2D eigenvalue weighted by atomic mass is 28.3. The molecule has 0 aromatic heterocycles. The average Bonchev–Trinajstić information content (AvgIpc) is 2.12. The van der Waals surface area contributed by atoms with Gasteiger partial charge in [-0.15, -0.1) is 0 Å². The van der Waals surface area contributed by atoms with Gasteiger partial charge in [0.1, 0.15) is 8.24 Å². The molecule has 0 aliphatic carbocycles. The van der Waals surface area contributed by atoms with Gasteiger partial charge >= 0.3 is 9.28 Å². The van der Waals surface area contributed by atoms with Gasteiger partial charge in [-0.2, -0.15) is 0 Å². The number of hydrogen-bond acceptors (Lipinski definition) is 3. The predicted molar refractivity (Wildman–Crippen MR) is 71.2 cm³/mol. The van der Waals surface area contributed by atoms with E-state index in [4.69, 9.17) is 8.85 Å². The van der Waals surface area contributed by atoms with Crippen molar-refractivity contribution in [3.05, 3.63) is 0 Å². The van der Waals surface area contributed by atoms with Crippen LogP contribution in [0.1, 0.15) is 13.8 Å². The minimum absolute atomic E-state index is 0.785. The average molecular weight is 250 g/mol. The van der Waals surface area contributed by atoms with Crippen molar-refractivity contribution in [3.63, 3.8) is 0 Å². The van der Waals surface area contributed by atoms with Gasteiger partial charge in [0.25, 0.3) is 0 Å². The molecule has 0 aromatic carbocycles. The van der Waals surface area contributed by atoms with Gasteiger partial charge < -0.3 is 13.4 Å². The fourth-order valence-corrected chi connectivity index (χ4v) is 4.05. The standard InChI is InChI=1S/C10H27NO2Si2/c1-7-12-14(13-8-2)10-9-11(3)15(4,5)6/h14H,7-10H2,1-6H3. The third-order valence-electron chi connectivity index (χ3n) is 2.55. The van der Waals surface area contributed by atoms with E-state index < -0.39 is 17.5 Å². The van der Waals surface area contributed by atoms with Gasteiger partial charge in [-0.05, 0) is 27.4 Å². The lowest BCUT2D eigenvalue weighted by Crippen LogP contribution is -2.44. The maximum absolute atomic E-state index is 5.65. The summed E-state index contributed by atoms with van der Waals surface area (Å²) >= 11 is 0. The Bertz CT molecular complexity index is 156. The Morgan fingerprint density at radius 1 is 1.07 bits per heavy atom. The first-order valence-electron chi connectivity index (χ1n) is 5.86. The van der Waals surface area contributed by atoms with Crippen molar-refractivity contribution in [2.45, 2.75) is 39.5 Å². The maximum atomic E-state index is 5.65. The van der Waals surface area contributed by atoms with Crippen molar-refractivity contribution in [1.82, 2.24) is 4.57 Å². The Balaban J connectivity index is 3.87. The minimum atomic E-state index is -1.38.